The number of rotatable bonds is 5. The summed E-state index contributed by atoms with van der Waals surface area (Å²) in [4.78, 5) is 0. The number of hydrogen-bond donors (Lipinski definition) is 2. The molecule has 0 aliphatic rings. The largest absolute Gasteiger partial charge is 0.508 e. The van der Waals surface area contributed by atoms with E-state index in [2.05, 4.69) is 26.1 Å². The highest BCUT2D eigenvalue weighted by molar-refractivity contribution is 5.32. The van der Waals surface area contributed by atoms with Gasteiger partial charge in [-0.05, 0) is 38.0 Å². The van der Waals surface area contributed by atoms with E-state index in [4.69, 9.17) is 0 Å². The van der Waals surface area contributed by atoms with E-state index in [1.54, 1.807) is 0 Å². The van der Waals surface area contributed by atoms with Crippen LogP contribution in [0.15, 0.2) is 18.2 Å². The Bertz CT molecular complexity index is 348. The fraction of sp³-hybridized carbons (Fsp3) is 0.538. The topological polar surface area (TPSA) is 32.3 Å². The van der Waals surface area contributed by atoms with Crippen LogP contribution in [0.25, 0.3) is 0 Å². The second kappa shape index (κ2) is 5.30. The molecule has 90 valence electrons. The molecule has 3 heteroatoms. The molecule has 0 aromatic heterocycles. The van der Waals surface area contributed by atoms with Crippen LogP contribution in [0.3, 0.4) is 0 Å². The van der Waals surface area contributed by atoms with E-state index in [1.165, 1.54) is 18.2 Å². The number of benzene rings is 1. The number of nitrogens with one attached hydrogen (secondary N) is 1. The van der Waals surface area contributed by atoms with Gasteiger partial charge in [0.2, 0.25) is 0 Å². The van der Waals surface area contributed by atoms with Crippen LogP contribution in [0.5, 0.6) is 5.75 Å². The third-order valence-corrected chi connectivity index (χ3v) is 3.31. The lowest BCUT2D eigenvalue weighted by atomic mass is 9.95. The molecule has 0 heterocycles. The molecule has 0 spiro atoms. The van der Waals surface area contributed by atoms with Crippen molar-refractivity contribution in [3.05, 3.63) is 29.6 Å². The van der Waals surface area contributed by atoms with Gasteiger partial charge in [-0.2, -0.15) is 0 Å². The summed E-state index contributed by atoms with van der Waals surface area (Å²) >= 11 is 0. The van der Waals surface area contributed by atoms with Gasteiger partial charge in [0, 0.05) is 17.6 Å². The Balaban J connectivity index is 2.70. The van der Waals surface area contributed by atoms with Crippen molar-refractivity contribution in [2.24, 2.45) is 0 Å². The van der Waals surface area contributed by atoms with Gasteiger partial charge in [-0.1, -0.05) is 13.8 Å². The van der Waals surface area contributed by atoms with E-state index in [-0.39, 0.29) is 17.1 Å². The molecular formula is C13H20FNO. The number of aromatic hydroxyl groups is 1. The van der Waals surface area contributed by atoms with Crippen LogP contribution in [-0.4, -0.2) is 10.6 Å². The Morgan fingerprint density at radius 3 is 2.50 bits per heavy atom. The Morgan fingerprint density at radius 1 is 1.31 bits per heavy atom. The Labute approximate surface area is 96.5 Å². The summed E-state index contributed by atoms with van der Waals surface area (Å²) < 4.78 is 13.0. The van der Waals surface area contributed by atoms with Crippen LogP contribution >= 0.6 is 0 Å². The molecule has 0 bridgehead atoms. The number of halogens is 1. The third kappa shape index (κ3) is 3.20. The predicted molar refractivity (Wildman–Crippen MR) is 63.9 cm³/mol. The maximum Gasteiger partial charge on any atom is 0.123 e. The normalized spacial score (nSPS) is 11.8. The molecule has 1 rings (SSSR count). The fourth-order valence-electron chi connectivity index (χ4n) is 1.50. The maximum absolute atomic E-state index is 13.0. The monoisotopic (exact) mass is 225 g/mol. The lowest BCUT2D eigenvalue weighted by Crippen LogP contribution is -2.40. The highest BCUT2D eigenvalue weighted by atomic mass is 19.1. The average Bonchev–Trinajstić information content (AvgIpc) is 2.30. The van der Waals surface area contributed by atoms with Crippen molar-refractivity contribution in [1.29, 1.82) is 0 Å². The first-order chi connectivity index (χ1) is 7.50. The smallest absolute Gasteiger partial charge is 0.123 e. The zero-order valence-electron chi connectivity index (χ0n) is 10.2. The second-order valence-electron chi connectivity index (χ2n) is 4.39. The van der Waals surface area contributed by atoms with E-state index < -0.39 is 0 Å². The van der Waals surface area contributed by atoms with Gasteiger partial charge < -0.3 is 10.4 Å². The molecule has 0 atom stereocenters. The first-order valence-corrected chi connectivity index (χ1v) is 5.73. The van der Waals surface area contributed by atoms with Crippen LogP contribution < -0.4 is 5.32 Å². The summed E-state index contributed by atoms with van der Waals surface area (Å²) in [6.45, 7) is 6.84. The summed E-state index contributed by atoms with van der Waals surface area (Å²) in [6.07, 6.45) is 2.00. The van der Waals surface area contributed by atoms with Crippen molar-refractivity contribution >= 4 is 0 Å². The standard InChI is InChI=1S/C13H20FNO/c1-4-13(3,5-2)15-9-10-8-11(14)6-7-12(10)16/h6-8,15-16H,4-5,9H2,1-3H3. The fourth-order valence-corrected chi connectivity index (χ4v) is 1.50. The molecule has 2 nitrogen and oxygen atoms in total. The summed E-state index contributed by atoms with van der Waals surface area (Å²) in [5, 5.41) is 12.9. The van der Waals surface area contributed by atoms with E-state index >= 15 is 0 Å². The summed E-state index contributed by atoms with van der Waals surface area (Å²) in [7, 11) is 0. The SMILES string of the molecule is CCC(C)(CC)NCc1cc(F)ccc1O. The highest BCUT2D eigenvalue weighted by Gasteiger charge is 2.18. The molecule has 16 heavy (non-hydrogen) atoms. The molecule has 0 saturated carbocycles. The highest BCUT2D eigenvalue weighted by Crippen LogP contribution is 2.20. The lowest BCUT2D eigenvalue weighted by Gasteiger charge is -2.28. The number of phenols is 1. The van der Waals surface area contributed by atoms with Gasteiger partial charge in [0.15, 0.2) is 0 Å². The van der Waals surface area contributed by atoms with Crippen molar-refractivity contribution in [2.45, 2.75) is 45.7 Å². The van der Waals surface area contributed by atoms with E-state index in [0.29, 0.717) is 12.1 Å². The molecule has 0 fully saturated rings. The van der Waals surface area contributed by atoms with Gasteiger partial charge in [0.25, 0.3) is 0 Å². The van der Waals surface area contributed by atoms with Crippen LogP contribution in [0.1, 0.15) is 39.2 Å². The van der Waals surface area contributed by atoms with Crippen LogP contribution in [0, 0.1) is 5.82 Å². The minimum atomic E-state index is -0.315. The third-order valence-electron chi connectivity index (χ3n) is 3.31. The van der Waals surface area contributed by atoms with Crippen molar-refractivity contribution in [3.63, 3.8) is 0 Å². The lowest BCUT2D eigenvalue weighted by molar-refractivity contribution is 0.326. The minimum absolute atomic E-state index is 0.0404. The molecule has 0 amide bonds. The second-order valence-corrected chi connectivity index (χ2v) is 4.39. The van der Waals surface area contributed by atoms with Crippen molar-refractivity contribution in [3.8, 4) is 5.75 Å². The first-order valence-electron chi connectivity index (χ1n) is 5.73. The molecule has 0 aliphatic carbocycles. The van der Waals surface area contributed by atoms with Gasteiger partial charge in [0.1, 0.15) is 11.6 Å². The van der Waals surface area contributed by atoms with E-state index in [1.807, 2.05) is 0 Å². The van der Waals surface area contributed by atoms with Gasteiger partial charge in [-0.15, -0.1) is 0 Å². The van der Waals surface area contributed by atoms with Crippen LogP contribution in [-0.2, 0) is 6.54 Å². The van der Waals surface area contributed by atoms with Gasteiger partial charge >= 0.3 is 0 Å². The summed E-state index contributed by atoms with van der Waals surface area (Å²) in [5.41, 5.74) is 0.645. The molecular weight excluding hydrogens is 205 g/mol. The predicted octanol–water partition coefficient (Wildman–Crippen LogP) is 3.20. The summed E-state index contributed by atoms with van der Waals surface area (Å²) in [5.74, 6) is -0.173. The van der Waals surface area contributed by atoms with E-state index in [0.717, 1.165) is 12.8 Å². The molecule has 0 unspecified atom stereocenters. The number of hydrogen-bond acceptors (Lipinski definition) is 2. The summed E-state index contributed by atoms with van der Waals surface area (Å²) in [6, 6.07) is 4.02. The average molecular weight is 225 g/mol. The molecule has 1 aromatic rings. The molecule has 0 saturated heterocycles. The quantitative estimate of drug-likeness (QED) is 0.806. The van der Waals surface area contributed by atoms with Crippen molar-refractivity contribution in [2.75, 3.05) is 0 Å². The van der Waals surface area contributed by atoms with Gasteiger partial charge in [-0.3, -0.25) is 0 Å². The Hall–Kier alpha value is -1.09. The Kier molecular flexibility index (Phi) is 4.30. The van der Waals surface area contributed by atoms with Crippen LogP contribution in [0.4, 0.5) is 4.39 Å². The zero-order chi connectivity index (χ0) is 12.2. The van der Waals surface area contributed by atoms with Crippen molar-refractivity contribution in [1.82, 2.24) is 5.32 Å². The first kappa shape index (κ1) is 13.0. The zero-order valence-corrected chi connectivity index (χ0v) is 10.2. The van der Waals surface area contributed by atoms with Crippen molar-refractivity contribution < 1.29 is 9.50 Å². The Morgan fingerprint density at radius 2 is 1.94 bits per heavy atom. The maximum atomic E-state index is 13.0. The minimum Gasteiger partial charge on any atom is -0.508 e. The molecule has 1 aromatic carbocycles. The molecule has 0 radical (unpaired) electrons. The molecule has 2 N–H and O–H groups in total. The van der Waals surface area contributed by atoms with E-state index in [9.17, 15) is 9.50 Å². The molecule has 0 aliphatic heterocycles. The van der Waals surface area contributed by atoms with Gasteiger partial charge in [0.05, 0.1) is 0 Å². The van der Waals surface area contributed by atoms with Crippen LogP contribution in [0.2, 0.25) is 0 Å². The number of phenolic OH excluding ortho intramolecular Hbond substituents is 1. The van der Waals surface area contributed by atoms with Gasteiger partial charge in [-0.25, -0.2) is 4.39 Å².